The molecule has 1 aliphatic rings. The van der Waals surface area contributed by atoms with Gasteiger partial charge in [0.05, 0.1) is 29.4 Å². The molecule has 0 N–H and O–H groups in total. The Labute approximate surface area is 190 Å². The van der Waals surface area contributed by atoms with E-state index < -0.39 is 39.5 Å². The van der Waals surface area contributed by atoms with Gasteiger partial charge in [0.1, 0.15) is 0 Å². The number of sulfonamides is 1. The van der Waals surface area contributed by atoms with Gasteiger partial charge in [-0.25, -0.2) is 26.3 Å². The predicted molar refractivity (Wildman–Crippen MR) is 116 cm³/mol. The summed E-state index contributed by atoms with van der Waals surface area (Å²) in [5.41, 5.74) is 0.241. The Balaban J connectivity index is 1.93. The first-order chi connectivity index (χ1) is 15.5. The van der Waals surface area contributed by atoms with Crippen LogP contribution >= 0.6 is 0 Å². The lowest BCUT2D eigenvalue weighted by Crippen LogP contribution is -2.37. The van der Waals surface area contributed by atoms with E-state index in [0.29, 0.717) is 32.0 Å². The Morgan fingerprint density at radius 1 is 1.06 bits per heavy atom. The Morgan fingerprint density at radius 2 is 1.73 bits per heavy atom. The predicted octanol–water partition coefficient (Wildman–Crippen LogP) is 2.48. The van der Waals surface area contributed by atoms with Crippen molar-refractivity contribution >= 4 is 27.5 Å². The van der Waals surface area contributed by atoms with Crippen LogP contribution in [0.1, 0.15) is 27.6 Å². The summed E-state index contributed by atoms with van der Waals surface area (Å²) < 4.78 is 63.5. The van der Waals surface area contributed by atoms with Crippen molar-refractivity contribution in [1.82, 2.24) is 4.31 Å². The molecule has 1 saturated heterocycles. The largest absolute Gasteiger partial charge is 0.451 e. The number of ketones is 1. The minimum Gasteiger partial charge on any atom is -0.451 e. The molecule has 2 aromatic rings. The van der Waals surface area contributed by atoms with Crippen LogP contribution in [0.25, 0.3) is 0 Å². The number of rotatable bonds is 7. The summed E-state index contributed by atoms with van der Waals surface area (Å²) >= 11 is 0. The molecule has 3 rings (SSSR count). The highest BCUT2D eigenvalue weighted by atomic mass is 32.2. The maximum Gasteiger partial charge on any atom is 0.341 e. The van der Waals surface area contributed by atoms with Gasteiger partial charge in [-0.15, -0.1) is 0 Å². The normalized spacial score (nSPS) is 15.4. The highest BCUT2D eigenvalue weighted by Crippen LogP contribution is 2.27. The Morgan fingerprint density at radius 3 is 2.33 bits per heavy atom. The number of anilines is 1. The van der Waals surface area contributed by atoms with Crippen LogP contribution in [0.3, 0.4) is 0 Å². The van der Waals surface area contributed by atoms with E-state index in [1.54, 1.807) is 0 Å². The molecular weight excluding hydrogens is 458 g/mol. The molecule has 1 heterocycles. The van der Waals surface area contributed by atoms with Crippen LogP contribution in [0.2, 0.25) is 0 Å². The molecular formula is C22H24F2N2O6S. The molecule has 11 heteroatoms. The fraction of sp³-hybridized carbons (Fsp3) is 0.364. The maximum atomic E-state index is 13.5. The quantitative estimate of drug-likeness (QED) is 0.442. The third-order valence-corrected chi connectivity index (χ3v) is 6.99. The van der Waals surface area contributed by atoms with E-state index >= 15 is 0 Å². The van der Waals surface area contributed by atoms with E-state index in [1.807, 2.05) is 4.90 Å². The fourth-order valence-corrected chi connectivity index (χ4v) is 4.22. The van der Waals surface area contributed by atoms with Gasteiger partial charge < -0.3 is 14.4 Å². The first-order valence-corrected chi connectivity index (χ1v) is 11.6. The molecule has 0 aliphatic carbocycles. The molecule has 1 fully saturated rings. The molecule has 33 heavy (non-hydrogen) atoms. The lowest BCUT2D eigenvalue weighted by Gasteiger charge is -2.30. The number of carbonyl (C=O) groups excluding carboxylic acids is 2. The maximum absolute atomic E-state index is 13.5. The molecule has 0 amide bonds. The smallest absolute Gasteiger partial charge is 0.341 e. The molecule has 0 unspecified atom stereocenters. The zero-order valence-electron chi connectivity index (χ0n) is 18.4. The van der Waals surface area contributed by atoms with E-state index in [-0.39, 0.29) is 16.0 Å². The molecule has 0 saturated carbocycles. The lowest BCUT2D eigenvalue weighted by atomic mass is 10.1. The van der Waals surface area contributed by atoms with E-state index in [4.69, 9.17) is 9.47 Å². The van der Waals surface area contributed by atoms with Crippen molar-refractivity contribution in [3.05, 3.63) is 59.2 Å². The summed E-state index contributed by atoms with van der Waals surface area (Å²) in [7, 11) is -1.11. The summed E-state index contributed by atoms with van der Waals surface area (Å²) in [5.74, 6) is -3.95. The van der Waals surface area contributed by atoms with Crippen molar-refractivity contribution in [2.45, 2.75) is 17.9 Å². The first-order valence-electron chi connectivity index (χ1n) is 10.1. The van der Waals surface area contributed by atoms with Gasteiger partial charge in [0.25, 0.3) is 0 Å². The standard InChI is InChI=1S/C22H24F2N2O6S/c1-14(21(27)15-4-6-18(23)19(24)12-15)32-22(28)17-13-16(33(29,30)25(2)3)5-7-20(17)26-8-10-31-11-9-26/h4-7,12-14H,8-11H2,1-3H3/t14-/m0/s1. The first kappa shape index (κ1) is 24.7. The van der Waals surface area contributed by atoms with E-state index in [9.17, 15) is 26.8 Å². The van der Waals surface area contributed by atoms with Crippen LogP contribution in [0.15, 0.2) is 41.3 Å². The highest BCUT2D eigenvalue weighted by Gasteiger charge is 2.28. The second kappa shape index (κ2) is 9.94. The number of halogens is 2. The molecule has 8 nitrogen and oxygen atoms in total. The lowest BCUT2D eigenvalue weighted by molar-refractivity contribution is 0.0318. The van der Waals surface area contributed by atoms with Crippen molar-refractivity contribution in [1.29, 1.82) is 0 Å². The molecule has 0 spiro atoms. The van der Waals surface area contributed by atoms with E-state index in [1.165, 1.54) is 39.2 Å². The fourth-order valence-electron chi connectivity index (χ4n) is 3.29. The number of nitrogens with zero attached hydrogens (tertiary/aromatic N) is 2. The van der Waals surface area contributed by atoms with Gasteiger partial charge in [-0.1, -0.05) is 0 Å². The van der Waals surface area contributed by atoms with E-state index in [2.05, 4.69) is 0 Å². The Bertz CT molecular complexity index is 1160. The van der Waals surface area contributed by atoms with Gasteiger partial charge in [0.2, 0.25) is 15.8 Å². The van der Waals surface area contributed by atoms with Crippen molar-refractivity contribution in [2.75, 3.05) is 45.3 Å². The zero-order valence-corrected chi connectivity index (χ0v) is 19.2. The van der Waals surface area contributed by atoms with Gasteiger partial charge in [0, 0.05) is 32.7 Å². The SMILES string of the molecule is C[C@H](OC(=O)c1cc(S(=O)(=O)N(C)C)ccc1N1CCOCC1)C(=O)c1ccc(F)c(F)c1. The number of hydrogen-bond acceptors (Lipinski definition) is 7. The number of benzene rings is 2. The molecule has 1 aliphatic heterocycles. The minimum absolute atomic E-state index is 0.0373. The van der Waals surface area contributed by atoms with E-state index in [0.717, 1.165) is 22.5 Å². The van der Waals surface area contributed by atoms with Crippen LogP contribution in [0.4, 0.5) is 14.5 Å². The van der Waals surface area contributed by atoms with Crippen molar-refractivity contribution < 1.29 is 36.3 Å². The number of Topliss-reactive ketones (excluding diaryl/α,β-unsaturated/α-hetero) is 1. The van der Waals surface area contributed by atoms with Gasteiger partial charge in [-0.2, -0.15) is 0 Å². The summed E-state index contributed by atoms with van der Waals surface area (Å²) in [6.45, 7) is 3.11. The number of carbonyl (C=O) groups is 2. The van der Waals surface area contributed by atoms with Crippen LogP contribution in [-0.2, 0) is 19.5 Å². The third-order valence-electron chi connectivity index (χ3n) is 5.18. The number of hydrogen-bond donors (Lipinski definition) is 0. The number of morpholine rings is 1. The van der Waals surface area contributed by atoms with Crippen molar-refractivity contribution in [3.8, 4) is 0 Å². The van der Waals surface area contributed by atoms with Gasteiger partial charge in [0.15, 0.2) is 17.7 Å². The van der Waals surface area contributed by atoms with Gasteiger partial charge in [-0.05, 0) is 43.3 Å². The molecule has 0 radical (unpaired) electrons. The third kappa shape index (κ3) is 5.37. The van der Waals surface area contributed by atoms with Crippen LogP contribution in [-0.4, -0.2) is 71.0 Å². The van der Waals surface area contributed by atoms with Crippen LogP contribution < -0.4 is 4.90 Å². The molecule has 1 atom stereocenters. The molecule has 178 valence electrons. The zero-order chi connectivity index (χ0) is 24.3. The Hall–Kier alpha value is -2.89. The van der Waals surface area contributed by atoms with Gasteiger partial charge in [-0.3, -0.25) is 4.79 Å². The molecule has 2 aromatic carbocycles. The average Bonchev–Trinajstić information content (AvgIpc) is 2.80. The van der Waals surface area contributed by atoms with Crippen molar-refractivity contribution in [3.63, 3.8) is 0 Å². The summed E-state index contributed by atoms with van der Waals surface area (Å²) in [4.78, 5) is 27.4. The van der Waals surface area contributed by atoms with Crippen molar-refractivity contribution in [2.24, 2.45) is 0 Å². The molecule has 0 bridgehead atoms. The second-order valence-electron chi connectivity index (χ2n) is 7.61. The minimum atomic E-state index is -3.84. The highest BCUT2D eigenvalue weighted by molar-refractivity contribution is 7.89. The summed E-state index contributed by atoms with van der Waals surface area (Å²) in [6, 6.07) is 6.74. The summed E-state index contributed by atoms with van der Waals surface area (Å²) in [5, 5.41) is 0. The average molecular weight is 483 g/mol. The number of ether oxygens (including phenoxy) is 2. The Kier molecular flexibility index (Phi) is 7.45. The van der Waals surface area contributed by atoms with Crippen LogP contribution in [0.5, 0.6) is 0 Å². The second-order valence-corrected chi connectivity index (χ2v) is 9.76. The number of esters is 1. The van der Waals surface area contributed by atoms with Gasteiger partial charge >= 0.3 is 5.97 Å². The summed E-state index contributed by atoms with van der Waals surface area (Å²) in [6.07, 6.45) is -1.32. The topological polar surface area (TPSA) is 93.2 Å². The monoisotopic (exact) mass is 482 g/mol. The van der Waals surface area contributed by atoms with Crippen LogP contribution in [0, 0.1) is 11.6 Å². The molecule has 0 aromatic heterocycles.